The van der Waals surface area contributed by atoms with Gasteiger partial charge in [0.25, 0.3) is 5.82 Å². The Labute approximate surface area is 101 Å². The van der Waals surface area contributed by atoms with Crippen molar-refractivity contribution in [3.05, 3.63) is 11.6 Å². The van der Waals surface area contributed by atoms with Gasteiger partial charge in [-0.05, 0) is 17.8 Å². The van der Waals surface area contributed by atoms with Gasteiger partial charge in [0.1, 0.15) is 5.82 Å². The van der Waals surface area contributed by atoms with Crippen LogP contribution in [0.5, 0.6) is 0 Å². The van der Waals surface area contributed by atoms with Gasteiger partial charge in [-0.1, -0.05) is 27.7 Å². The molecule has 1 aliphatic carbocycles. The van der Waals surface area contributed by atoms with Gasteiger partial charge in [-0.3, -0.25) is 5.10 Å². The Morgan fingerprint density at radius 3 is 2.41 bits per heavy atom. The van der Waals surface area contributed by atoms with Crippen LogP contribution in [0.25, 0.3) is 0 Å². The molecule has 0 spiro atoms. The lowest BCUT2D eigenvalue weighted by Gasteiger charge is -2.03. The molecular formula is C12H19N3O2. The number of hydrogen-bond donors (Lipinski definition) is 1. The average molecular weight is 237 g/mol. The monoisotopic (exact) mass is 237 g/mol. The van der Waals surface area contributed by atoms with Crippen LogP contribution in [0.2, 0.25) is 0 Å². The third-order valence-corrected chi connectivity index (χ3v) is 4.25. The summed E-state index contributed by atoms with van der Waals surface area (Å²) in [7, 11) is 0. The van der Waals surface area contributed by atoms with Crippen molar-refractivity contribution >= 4 is 5.97 Å². The third-order valence-electron chi connectivity index (χ3n) is 4.25. The maximum Gasteiger partial charge on any atom is 0.378 e. The normalized spacial score (nSPS) is 21.2. The van der Waals surface area contributed by atoms with E-state index >= 15 is 0 Å². The van der Waals surface area contributed by atoms with E-state index in [9.17, 15) is 4.79 Å². The molecule has 0 radical (unpaired) electrons. The van der Waals surface area contributed by atoms with Gasteiger partial charge in [0, 0.05) is 5.92 Å². The Morgan fingerprint density at radius 2 is 1.94 bits per heavy atom. The van der Waals surface area contributed by atoms with E-state index in [0.29, 0.717) is 12.5 Å². The van der Waals surface area contributed by atoms with Crippen molar-refractivity contribution in [1.29, 1.82) is 0 Å². The first kappa shape index (κ1) is 12.1. The summed E-state index contributed by atoms with van der Waals surface area (Å²) < 4.78 is 4.86. The molecule has 0 aromatic carbocycles. The summed E-state index contributed by atoms with van der Waals surface area (Å²) in [4.78, 5) is 15.7. The molecule has 94 valence electrons. The second-order valence-corrected chi connectivity index (χ2v) is 5.64. The number of nitrogens with zero attached hydrogens (tertiary/aromatic N) is 2. The Morgan fingerprint density at radius 1 is 1.35 bits per heavy atom. The summed E-state index contributed by atoms with van der Waals surface area (Å²) in [6.45, 7) is 10.9. The van der Waals surface area contributed by atoms with Gasteiger partial charge in [0.15, 0.2) is 0 Å². The number of carbonyl (C=O) groups excluding carboxylic acids is 1. The minimum Gasteiger partial charge on any atom is -0.460 e. The minimum absolute atomic E-state index is 0.125. The van der Waals surface area contributed by atoms with E-state index in [0.717, 1.165) is 5.82 Å². The molecular weight excluding hydrogens is 218 g/mol. The number of aromatic nitrogens is 3. The number of carbonyl (C=O) groups is 1. The lowest BCUT2D eigenvalue weighted by Crippen LogP contribution is -2.06. The van der Waals surface area contributed by atoms with E-state index < -0.39 is 5.97 Å². The molecule has 0 aliphatic heterocycles. The number of H-pyrrole nitrogens is 1. The zero-order chi connectivity index (χ0) is 12.8. The van der Waals surface area contributed by atoms with E-state index in [-0.39, 0.29) is 16.7 Å². The number of nitrogens with one attached hydrogen (secondary N) is 1. The van der Waals surface area contributed by atoms with Gasteiger partial charge in [-0.15, -0.1) is 5.10 Å². The van der Waals surface area contributed by atoms with Gasteiger partial charge in [-0.25, -0.2) is 9.78 Å². The third kappa shape index (κ3) is 1.64. The maximum absolute atomic E-state index is 11.5. The molecule has 1 N–H and O–H groups in total. The zero-order valence-corrected chi connectivity index (χ0v) is 11.0. The van der Waals surface area contributed by atoms with Crippen molar-refractivity contribution in [3.63, 3.8) is 0 Å². The largest absolute Gasteiger partial charge is 0.460 e. The molecule has 17 heavy (non-hydrogen) atoms. The van der Waals surface area contributed by atoms with Gasteiger partial charge in [-0.2, -0.15) is 0 Å². The van der Waals surface area contributed by atoms with Crippen LogP contribution in [0, 0.1) is 10.8 Å². The van der Waals surface area contributed by atoms with Crippen LogP contribution in [0.1, 0.15) is 57.0 Å². The number of rotatable bonds is 3. The van der Waals surface area contributed by atoms with Gasteiger partial charge >= 0.3 is 5.97 Å². The van der Waals surface area contributed by atoms with Crippen molar-refractivity contribution in [2.24, 2.45) is 10.8 Å². The van der Waals surface area contributed by atoms with Crippen LogP contribution in [-0.2, 0) is 4.74 Å². The lowest BCUT2D eigenvalue weighted by molar-refractivity contribution is 0.0512. The van der Waals surface area contributed by atoms with Crippen molar-refractivity contribution in [2.75, 3.05) is 6.61 Å². The van der Waals surface area contributed by atoms with Crippen LogP contribution in [0.3, 0.4) is 0 Å². The van der Waals surface area contributed by atoms with Crippen molar-refractivity contribution in [3.8, 4) is 0 Å². The average Bonchev–Trinajstić information content (AvgIpc) is 2.59. The summed E-state index contributed by atoms with van der Waals surface area (Å²) in [5, 5.41) is 6.77. The number of ether oxygens (including phenoxy) is 1. The van der Waals surface area contributed by atoms with E-state index in [1.54, 1.807) is 6.92 Å². The fourth-order valence-electron chi connectivity index (χ4n) is 2.57. The first-order valence-electron chi connectivity index (χ1n) is 5.91. The van der Waals surface area contributed by atoms with Crippen molar-refractivity contribution < 1.29 is 9.53 Å². The molecule has 0 saturated heterocycles. The van der Waals surface area contributed by atoms with Gasteiger partial charge < -0.3 is 4.74 Å². The molecule has 1 aromatic heterocycles. The predicted molar refractivity (Wildman–Crippen MR) is 62.6 cm³/mol. The van der Waals surface area contributed by atoms with Gasteiger partial charge in [0.05, 0.1) is 6.61 Å². The summed E-state index contributed by atoms with van der Waals surface area (Å²) in [5.74, 6) is 0.750. The Hall–Kier alpha value is -1.39. The topological polar surface area (TPSA) is 67.9 Å². The smallest absolute Gasteiger partial charge is 0.378 e. The summed E-state index contributed by atoms with van der Waals surface area (Å²) in [5.41, 5.74) is 0.358. The van der Waals surface area contributed by atoms with Crippen LogP contribution >= 0.6 is 0 Å². The molecule has 1 aromatic rings. The Bertz CT molecular complexity index is 434. The highest BCUT2D eigenvalue weighted by Crippen LogP contribution is 2.72. The number of hydrogen-bond acceptors (Lipinski definition) is 4. The highest BCUT2D eigenvalue weighted by Gasteiger charge is 2.66. The molecule has 1 heterocycles. The lowest BCUT2D eigenvalue weighted by atomic mass is 10.0. The molecule has 2 rings (SSSR count). The molecule has 5 heteroatoms. The number of esters is 1. The van der Waals surface area contributed by atoms with Crippen molar-refractivity contribution in [2.45, 2.75) is 40.5 Å². The quantitative estimate of drug-likeness (QED) is 0.818. The summed E-state index contributed by atoms with van der Waals surface area (Å²) >= 11 is 0. The maximum atomic E-state index is 11.5. The SMILES string of the molecule is CCOC(=O)c1n[nH]c(C2C(C)(C)C2(C)C)n1. The van der Waals surface area contributed by atoms with Crippen LogP contribution < -0.4 is 0 Å². The Balaban J connectivity index is 2.19. The van der Waals surface area contributed by atoms with Crippen LogP contribution in [0.4, 0.5) is 0 Å². The molecule has 1 fully saturated rings. The van der Waals surface area contributed by atoms with E-state index in [1.807, 2.05) is 0 Å². The molecule has 1 aliphatic rings. The summed E-state index contributed by atoms with van der Waals surface area (Å²) in [6.07, 6.45) is 0. The second-order valence-electron chi connectivity index (χ2n) is 5.64. The Kier molecular flexibility index (Phi) is 2.52. The highest BCUT2D eigenvalue weighted by atomic mass is 16.5. The molecule has 0 unspecified atom stereocenters. The van der Waals surface area contributed by atoms with E-state index in [4.69, 9.17) is 4.74 Å². The fraction of sp³-hybridized carbons (Fsp3) is 0.750. The second kappa shape index (κ2) is 3.55. The fourth-order valence-corrected chi connectivity index (χ4v) is 2.57. The first-order valence-corrected chi connectivity index (χ1v) is 5.91. The standard InChI is InChI=1S/C12H19N3O2/c1-6-17-10(16)9-13-8(14-15-9)7-11(2,3)12(7,4)5/h7H,6H2,1-5H3,(H,13,14,15). The zero-order valence-electron chi connectivity index (χ0n) is 11.0. The minimum atomic E-state index is -0.466. The van der Waals surface area contributed by atoms with E-state index in [2.05, 4.69) is 42.9 Å². The van der Waals surface area contributed by atoms with E-state index in [1.165, 1.54) is 0 Å². The molecule has 0 amide bonds. The molecule has 5 nitrogen and oxygen atoms in total. The summed E-state index contributed by atoms with van der Waals surface area (Å²) in [6, 6.07) is 0. The highest BCUT2D eigenvalue weighted by molar-refractivity contribution is 5.84. The molecule has 0 bridgehead atoms. The van der Waals surface area contributed by atoms with Gasteiger partial charge in [0.2, 0.25) is 0 Å². The van der Waals surface area contributed by atoms with Crippen molar-refractivity contribution in [1.82, 2.24) is 15.2 Å². The number of aromatic amines is 1. The van der Waals surface area contributed by atoms with Crippen LogP contribution in [0.15, 0.2) is 0 Å². The first-order chi connectivity index (χ1) is 7.82. The van der Waals surface area contributed by atoms with Crippen LogP contribution in [-0.4, -0.2) is 27.8 Å². The molecule has 0 atom stereocenters. The predicted octanol–water partition coefficient (Wildman–Crippen LogP) is 2.13. The molecule has 1 saturated carbocycles.